The van der Waals surface area contributed by atoms with Crippen molar-refractivity contribution in [1.82, 2.24) is 0 Å². The average Bonchev–Trinajstić information content (AvgIpc) is 2.07. The highest BCUT2D eigenvalue weighted by Crippen LogP contribution is 2.35. The average molecular weight is 306 g/mol. The highest BCUT2D eigenvalue weighted by atomic mass is 79.9. The molecule has 1 aromatic carbocycles. The van der Waals surface area contributed by atoms with Crippen LogP contribution in [0, 0.1) is 0 Å². The Kier molecular flexibility index (Phi) is 4.41. The zero-order valence-electron chi connectivity index (χ0n) is 6.68. The van der Waals surface area contributed by atoms with Crippen LogP contribution in [-0.2, 0) is 0 Å². The first-order valence-electron chi connectivity index (χ1n) is 3.53. The second-order valence-corrected chi connectivity index (χ2v) is 4.65. The van der Waals surface area contributed by atoms with Gasteiger partial charge < -0.3 is 4.74 Å². The lowest BCUT2D eigenvalue weighted by molar-refractivity contribution is -0.0498. The number of alkyl halides is 4. The van der Waals surface area contributed by atoms with Gasteiger partial charge in [-0.15, -0.1) is 11.6 Å². The van der Waals surface area contributed by atoms with Crippen molar-refractivity contribution in [2.45, 2.75) is 10.9 Å². The molecular formula is C8H5BrCl2F2O. The van der Waals surface area contributed by atoms with Crippen molar-refractivity contribution < 1.29 is 13.5 Å². The highest BCUT2D eigenvalue weighted by Gasteiger charge is 2.11. The van der Waals surface area contributed by atoms with E-state index in [4.69, 9.17) is 23.2 Å². The van der Waals surface area contributed by atoms with E-state index in [1.165, 1.54) is 18.2 Å². The number of halogens is 5. The van der Waals surface area contributed by atoms with Crippen LogP contribution in [0.15, 0.2) is 18.2 Å². The lowest BCUT2D eigenvalue weighted by Gasteiger charge is -2.09. The van der Waals surface area contributed by atoms with Gasteiger partial charge in [0.1, 0.15) is 10.0 Å². The van der Waals surface area contributed by atoms with Crippen molar-refractivity contribution in [3.8, 4) is 5.75 Å². The van der Waals surface area contributed by atoms with Crippen LogP contribution in [0.2, 0.25) is 5.02 Å². The maximum absolute atomic E-state index is 11.9. The van der Waals surface area contributed by atoms with E-state index in [2.05, 4.69) is 20.7 Å². The summed E-state index contributed by atoms with van der Waals surface area (Å²) in [5.41, 5.74) is 0.492. The third kappa shape index (κ3) is 3.26. The quantitative estimate of drug-likeness (QED) is 0.743. The molecule has 0 N–H and O–H groups in total. The second-order valence-electron chi connectivity index (χ2n) is 2.36. The van der Waals surface area contributed by atoms with Crippen LogP contribution >= 0.6 is 39.1 Å². The fourth-order valence-corrected chi connectivity index (χ4v) is 1.84. The van der Waals surface area contributed by atoms with Gasteiger partial charge in [-0.2, -0.15) is 8.78 Å². The van der Waals surface area contributed by atoms with Gasteiger partial charge in [0.25, 0.3) is 0 Å². The molecule has 0 aromatic heterocycles. The van der Waals surface area contributed by atoms with Crippen LogP contribution in [-0.4, -0.2) is 6.61 Å². The van der Waals surface area contributed by atoms with Gasteiger partial charge in [-0.3, -0.25) is 0 Å². The molecule has 1 atom stereocenters. The van der Waals surface area contributed by atoms with Gasteiger partial charge in [0.05, 0.1) is 0 Å². The van der Waals surface area contributed by atoms with E-state index in [0.29, 0.717) is 10.6 Å². The normalized spacial score (nSPS) is 13.0. The summed E-state index contributed by atoms with van der Waals surface area (Å²) in [5.74, 6) is 0.0319. The van der Waals surface area contributed by atoms with Crippen LogP contribution in [0.5, 0.6) is 5.75 Å². The molecular weight excluding hydrogens is 301 g/mol. The molecule has 0 spiro atoms. The fraction of sp³-hybridized carbons (Fsp3) is 0.250. The highest BCUT2D eigenvalue weighted by molar-refractivity contribution is 9.09. The molecule has 0 saturated heterocycles. The number of ether oxygens (including phenoxy) is 1. The molecule has 0 fully saturated rings. The molecule has 0 aliphatic carbocycles. The van der Waals surface area contributed by atoms with Crippen molar-refractivity contribution in [2.75, 3.05) is 0 Å². The minimum atomic E-state index is -2.85. The Morgan fingerprint density at radius 3 is 2.50 bits per heavy atom. The molecule has 0 bridgehead atoms. The summed E-state index contributed by atoms with van der Waals surface area (Å²) in [6.07, 6.45) is 0. The fourth-order valence-electron chi connectivity index (χ4n) is 0.865. The number of hydrogen-bond acceptors (Lipinski definition) is 1. The standard InChI is InChI=1S/C8H5BrCl2F2O/c9-7(11)5-3-4(14-8(12)13)1-2-6(5)10/h1-3,7-8H. The lowest BCUT2D eigenvalue weighted by atomic mass is 10.2. The van der Waals surface area contributed by atoms with E-state index < -0.39 is 10.9 Å². The maximum atomic E-state index is 11.9. The summed E-state index contributed by atoms with van der Waals surface area (Å²) in [7, 11) is 0. The molecule has 0 radical (unpaired) electrons. The molecule has 1 aromatic rings. The summed E-state index contributed by atoms with van der Waals surface area (Å²) < 4.78 is 27.4. The Bertz CT molecular complexity index is 320. The molecule has 1 rings (SSSR count). The van der Waals surface area contributed by atoms with E-state index in [-0.39, 0.29) is 5.75 Å². The van der Waals surface area contributed by atoms with E-state index in [1.807, 2.05) is 0 Å². The Morgan fingerprint density at radius 1 is 1.36 bits per heavy atom. The van der Waals surface area contributed by atoms with E-state index >= 15 is 0 Å². The zero-order valence-corrected chi connectivity index (χ0v) is 9.78. The van der Waals surface area contributed by atoms with Gasteiger partial charge >= 0.3 is 6.61 Å². The van der Waals surface area contributed by atoms with E-state index in [0.717, 1.165) is 0 Å². The molecule has 14 heavy (non-hydrogen) atoms. The lowest BCUT2D eigenvalue weighted by Crippen LogP contribution is -2.02. The largest absolute Gasteiger partial charge is 0.435 e. The number of rotatable bonds is 3. The first-order chi connectivity index (χ1) is 6.50. The van der Waals surface area contributed by atoms with Crippen molar-refractivity contribution in [3.63, 3.8) is 0 Å². The molecule has 78 valence electrons. The summed E-state index contributed by atoms with van der Waals surface area (Å²) >= 11 is 14.5. The number of hydrogen-bond donors (Lipinski definition) is 0. The van der Waals surface area contributed by atoms with Crippen LogP contribution in [0.4, 0.5) is 8.78 Å². The minimum absolute atomic E-state index is 0.0319. The number of benzene rings is 1. The maximum Gasteiger partial charge on any atom is 0.387 e. The van der Waals surface area contributed by atoms with Crippen molar-refractivity contribution in [1.29, 1.82) is 0 Å². The predicted molar refractivity (Wildman–Crippen MR) is 55.6 cm³/mol. The van der Waals surface area contributed by atoms with Crippen LogP contribution in [0.25, 0.3) is 0 Å². The van der Waals surface area contributed by atoms with Gasteiger partial charge in [-0.25, -0.2) is 0 Å². The molecule has 1 nitrogen and oxygen atoms in total. The van der Waals surface area contributed by atoms with Gasteiger partial charge in [0.2, 0.25) is 0 Å². The third-order valence-corrected chi connectivity index (χ3v) is 2.50. The van der Waals surface area contributed by atoms with Gasteiger partial charge in [0.15, 0.2) is 0 Å². The topological polar surface area (TPSA) is 9.23 Å². The van der Waals surface area contributed by atoms with Gasteiger partial charge in [-0.05, 0) is 18.2 Å². The smallest absolute Gasteiger partial charge is 0.387 e. The molecule has 0 saturated carbocycles. The minimum Gasteiger partial charge on any atom is -0.435 e. The van der Waals surface area contributed by atoms with E-state index in [1.54, 1.807) is 0 Å². The first kappa shape index (κ1) is 12.0. The van der Waals surface area contributed by atoms with Crippen LogP contribution in [0.3, 0.4) is 0 Å². The van der Waals surface area contributed by atoms with Crippen LogP contribution in [0.1, 0.15) is 9.85 Å². The molecule has 0 aliphatic heterocycles. The molecule has 0 heterocycles. The summed E-state index contributed by atoms with van der Waals surface area (Å²) in [5, 5.41) is 0.392. The zero-order chi connectivity index (χ0) is 10.7. The second kappa shape index (κ2) is 5.14. The van der Waals surface area contributed by atoms with Crippen LogP contribution < -0.4 is 4.74 Å². The van der Waals surface area contributed by atoms with Crippen molar-refractivity contribution >= 4 is 39.1 Å². The van der Waals surface area contributed by atoms with Crippen molar-refractivity contribution in [3.05, 3.63) is 28.8 Å². The Balaban J connectivity index is 2.94. The monoisotopic (exact) mass is 304 g/mol. The van der Waals surface area contributed by atoms with Gasteiger partial charge in [0, 0.05) is 10.6 Å². The first-order valence-corrected chi connectivity index (χ1v) is 5.26. The molecule has 0 aliphatic rings. The Morgan fingerprint density at radius 2 is 2.00 bits per heavy atom. The molecule has 6 heteroatoms. The molecule has 1 unspecified atom stereocenters. The van der Waals surface area contributed by atoms with Crippen molar-refractivity contribution in [2.24, 2.45) is 0 Å². The SMILES string of the molecule is FC(F)Oc1ccc(Cl)c(C(Cl)Br)c1. The Labute approximate surface area is 98.1 Å². The Hall–Kier alpha value is -0.0600. The summed E-state index contributed by atoms with van der Waals surface area (Å²) in [6.45, 7) is -2.85. The third-order valence-electron chi connectivity index (χ3n) is 1.43. The van der Waals surface area contributed by atoms with Gasteiger partial charge in [-0.1, -0.05) is 27.5 Å². The van der Waals surface area contributed by atoms with E-state index in [9.17, 15) is 8.78 Å². The summed E-state index contributed by atoms with van der Waals surface area (Å²) in [4.78, 5) is 0. The summed E-state index contributed by atoms with van der Waals surface area (Å²) in [6, 6.07) is 4.16. The predicted octanol–water partition coefficient (Wildman–Crippen LogP) is 4.57. The molecule has 0 amide bonds.